The minimum Gasteiger partial charge on any atom is -0.371 e. The summed E-state index contributed by atoms with van der Waals surface area (Å²) in [5.74, 6) is 0.158. The van der Waals surface area contributed by atoms with E-state index in [2.05, 4.69) is 72.2 Å². The van der Waals surface area contributed by atoms with Gasteiger partial charge in [0.2, 0.25) is 0 Å². The Bertz CT molecular complexity index is 1070. The van der Waals surface area contributed by atoms with E-state index in [9.17, 15) is 0 Å². The quantitative estimate of drug-likeness (QED) is 0.145. The van der Waals surface area contributed by atoms with E-state index in [1.54, 1.807) is 6.08 Å². The first-order chi connectivity index (χ1) is 15.2. The zero-order valence-electron chi connectivity index (χ0n) is 19.0. The van der Waals surface area contributed by atoms with E-state index in [-0.39, 0.29) is 21.7 Å². The summed E-state index contributed by atoms with van der Waals surface area (Å²) in [4.78, 5) is 15.9. The van der Waals surface area contributed by atoms with Gasteiger partial charge in [0.15, 0.2) is 4.99 Å². The average Bonchev–Trinajstić information content (AvgIpc) is 3.05. The standard InChI is InChI=1S/C25H28N4O2S/c1-7-30-31-29-23(32)18(22(26-6)27-29)10-8-9-17-15-19-21-20(16-17)25(4,5)12-14-28(21)13-11-24(19,2)3/h7-10,15-16H,1,11-14H2,2-5H3/b9-8+,18-10-. The molecule has 166 valence electrons. The molecular weight excluding hydrogens is 420 g/mol. The minimum absolute atomic E-state index is 0.135. The zero-order chi connectivity index (χ0) is 23.1. The first kappa shape index (κ1) is 22.3. The van der Waals surface area contributed by atoms with Crippen molar-refractivity contribution in [3.8, 4) is 0 Å². The Labute approximate surface area is 195 Å². The lowest BCUT2D eigenvalue weighted by molar-refractivity contribution is -0.367. The number of amidine groups is 1. The Kier molecular flexibility index (Phi) is 5.70. The molecule has 1 aromatic carbocycles. The van der Waals surface area contributed by atoms with Gasteiger partial charge in [0.25, 0.3) is 0 Å². The lowest BCUT2D eigenvalue weighted by Crippen LogP contribution is -2.44. The van der Waals surface area contributed by atoms with Crippen LogP contribution in [0.1, 0.15) is 57.2 Å². The SMILES string of the molecule is [C-]#[N+]C1=NN(OOC=C)C(=S)/C1=C\C=C\c1cc2c3c(c1)C(C)(C)CCN3CCC2(C)C. The van der Waals surface area contributed by atoms with Gasteiger partial charge in [0.05, 0.1) is 0 Å². The van der Waals surface area contributed by atoms with Gasteiger partial charge in [-0.3, -0.25) is 0 Å². The molecule has 32 heavy (non-hydrogen) atoms. The average molecular weight is 449 g/mol. The summed E-state index contributed by atoms with van der Waals surface area (Å²) in [6, 6.07) is 4.62. The molecule has 3 aliphatic rings. The minimum atomic E-state index is 0.135. The number of rotatable bonds is 5. The third-order valence-corrected chi connectivity index (χ3v) is 6.97. The molecule has 0 bridgehead atoms. The Morgan fingerprint density at radius 3 is 2.34 bits per heavy atom. The fourth-order valence-electron chi connectivity index (χ4n) is 4.55. The highest BCUT2D eigenvalue weighted by Crippen LogP contribution is 2.49. The van der Waals surface area contributed by atoms with E-state index in [4.69, 9.17) is 23.8 Å². The summed E-state index contributed by atoms with van der Waals surface area (Å²) in [6.07, 6.45) is 9.20. The first-order valence-corrected chi connectivity index (χ1v) is 11.2. The lowest BCUT2D eigenvalue weighted by Gasteiger charge is -2.48. The molecule has 0 saturated heterocycles. The number of nitrogens with zero attached hydrogens (tertiary/aromatic N) is 4. The van der Waals surface area contributed by atoms with Crippen molar-refractivity contribution in [2.24, 2.45) is 5.10 Å². The van der Waals surface area contributed by atoms with Gasteiger partial charge in [-0.2, -0.15) is 0 Å². The van der Waals surface area contributed by atoms with Gasteiger partial charge in [-0.15, -0.1) is 0 Å². The molecule has 0 aromatic heterocycles. The molecular formula is C25H28N4O2S. The molecule has 3 aliphatic heterocycles. The Morgan fingerprint density at radius 1 is 1.16 bits per heavy atom. The zero-order valence-corrected chi connectivity index (χ0v) is 19.8. The van der Waals surface area contributed by atoms with Crippen molar-refractivity contribution in [1.82, 2.24) is 5.17 Å². The topological polar surface area (TPSA) is 41.7 Å². The molecule has 0 saturated carbocycles. The molecule has 0 amide bonds. The first-order valence-electron chi connectivity index (χ1n) is 10.8. The number of hydrogen-bond acceptors (Lipinski definition) is 5. The van der Waals surface area contributed by atoms with Crippen LogP contribution >= 0.6 is 12.2 Å². The van der Waals surface area contributed by atoms with Gasteiger partial charge in [-0.05, 0) is 62.7 Å². The van der Waals surface area contributed by atoms with Gasteiger partial charge >= 0.3 is 5.84 Å². The van der Waals surface area contributed by atoms with Crippen molar-refractivity contribution in [3.05, 3.63) is 70.8 Å². The van der Waals surface area contributed by atoms with Crippen LogP contribution in [-0.4, -0.2) is 29.1 Å². The van der Waals surface area contributed by atoms with E-state index >= 15 is 0 Å². The van der Waals surface area contributed by atoms with Crippen LogP contribution in [0.2, 0.25) is 0 Å². The van der Waals surface area contributed by atoms with Crippen molar-refractivity contribution in [3.63, 3.8) is 0 Å². The second-order valence-corrected chi connectivity index (χ2v) is 10.00. The molecule has 1 aromatic rings. The van der Waals surface area contributed by atoms with Crippen molar-refractivity contribution < 1.29 is 9.88 Å². The summed E-state index contributed by atoms with van der Waals surface area (Å²) in [5.41, 5.74) is 6.21. The van der Waals surface area contributed by atoms with Gasteiger partial charge in [0, 0.05) is 29.5 Å². The molecule has 0 radical (unpaired) electrons. The van der Waals surface area contributed by atoms with Crippen LogP contribution in [0.15, 0.2) is 47.8 Å². The molecule has 0 aliphatic carbocycles. The summed E-state index contributed by atoms with van der Waals surface area (Å²) in [5, 5.41) is 5.03. The summed E-state index contributed by atoms with van der Waals surface area (Å²) in [6.45, 7) is 22.4. The van der Waals surface area contributed by atoms with Crippen LogP contribution in [0.25, 0.3) is 10.9 Å². The van der Waals surface area contributed by atoms with Crippen molar-refractivity contribution in [2.45, 2.75) is 51.4 Å². The number of allylic oxidation sites excluding steroid dienone is 2. The number of hydrogen-bond donors (Lipinski definition) is 0. The van der Waals surface area contributed by atoms with E-state index < -0.39 is 0 Å². The highest BCUT2D eigenvalue weighted by atomic mass is 32.1. The molecule has 6 nitrogen and oxygen atoms in total. The van der Waals surface area contributed by atoms with Crippen LogP contribution in [0.4, 0.5) is 5.69 Å². The normalized spacial score (nSPS) is 22.0. The van der Waals surface area contributed by atoms with Crippen molar-refractivity contribution >= 4 is 34.8 Å². The molecule has 3 heterocycles. The van der Waals surface area contributed by atoms with Crippen LogP contribution in [0.5, 0.6) is 0 Å². The summed E-state index contributed by atoms with van der Waals surface area (Å²) < 4.78 is 0. The third kappa shape index (κ3) is 3.85. The molecule has 0 unspecified atom stereocenters. The monoisotopic (exact) mass is 448 g/mol. The number of hydroxylamine groups is 1. The Balaban J connectivity index is 1.69. The maximum Gasteiger partial charge on any atom is 0.307 e. The van der Waals surface area contributed by atoms with Crippen LogP contribution in [0.3, 0.4) is 0 Å². The highest BCUT2D eigenvalue weighted by Gasteiger charge is 2.39. The predicted octanol–water partition coefficient (Wildman–Crippen LogP) is 5.68. The van der Waals surface area contributed by atoms with E-state index in [0.717, 1.165) is 42.9 Å². The Hall–Kier alpha value is -2.95. The van der Waals surface area contributed by atoms with E-state index in [1.165, 1.54) is 16.8 Å². The lowest BCUT2D eigenvalue weighted by atomic mass is 9.69. The number of hydrazone groups is 1. The second-order valence-electron chi connectivity index (χ2n) is 9.61. The van der Waals surface area contributed by atoms with Gasteiger partial charge < -0.3 is 14.6 Å². The summed E-state index contributed by atoms with van der Waals surface area (Å²) >= 11 is 5.37. The number of anilines is 1. The third-order valence-electron chi connectivity index (χ3n) is 6.59. The second kappa shape index (κ2) is 8.19. The largest absolute Gasteiger partial charge is 0.371 e. The van der Waals surface area contributed by atoms with Crippen LogP contribution < -0.4 is 4.90 Å². The number of thiocarbonyl (C=S) groups is 1. The molecule has 0 N–H and O–H groups in total. The Morgan fingerprint density at radius 2 is 1.78 bits per heavy atom. The van der Waals surface area contributed by atoms with Crippen LogP contribution in [-0.2, 0) is 20.7 Å². The van der Waals surface area contributed by atoms with Gasteiger partial charge in [0.1, 0.15) is 6.26 Å². The summed E-state index contributed by atoms with van der Waals surface area (Å²) in [7, 11) is 0. The molecule has 4 rings (SSSR count). The molecule has 0 spiro atoms. The van der Waals surface area contributed by atoms with Crippen molar-refractivity contribution in [2.75, 3.05) is 18.0 Å². The van der Waals surface area contributed by atoms with E-state index in [0.29, 0.717) is 5.57 Å². The van der Waals surface area contributed by atoms with Crippen LogP contribution in [0, 0.1) is 6.57 Å². The van der Waals surface area contributed by atoms with Gasteiger partial charge in [-0.25, -0.2) is 0 Å². The number of benzene rings is 1. The van der Waals surface area contributed by atoms with E-state index in [1.807, 2.05) is 6.08 Å². The molecule has 0 atom stereocenters. The fourth-order valence-corrected chi connectivity index (χ4v) is 4.78. The molecule has 0 fully saturated rings. The van der Waals surface area contributed by atoms with Crippen molar-refractivity contribution in [1.29, 1.82) is 0 Å². The fraction of sp³-hybridized carbons (Fsp3) is 0.400. The molecule has 7 heteroatoms. The predicted molar refractivity (Wildman–Crippen MR) is 132 cm³/mol. The highest BCUT2D eigenvalue weighted by molar-refractivity contribution is 7.80. The maximum absolute atomic E-state index is 7.38. The maximum atomic E-state index is 7.38. The smallest absolute Gasteiger partial charge is 0.307 e. The van der Waals surface area contributed by atoms with Gasteiger partial charge in [-0.1, -0.05) is 71.3 Å².